The van der Waals surface area contributed by atoms with E-state index in [1.807, 2.05) is 0 Å². The van der Waals surface area contributed by atoms with Crippen LogP contribution in [0.3, 0.4) is 0 Å². The van der Waals surface area contributed by atoms with Crippen LogP contribution in [-0.2, 0) is 4.74 Å². The first-order valence-electron chi connectivity index (χ1n) is 4.44. The second kappa shape index (κ2) is 3.98. The van der Waals surface area contributed by atoms with E-state index in [0.717, 1.165) is 18.4 Å². The summed E-state index contributed by atoms with van der Waals surface area (Å²) >= 11 is 0.746. The smallest absolute Gasteiger partial charge is 0.416 e. The van der Waals surface area contributed by atoms with Crippen molar-refractivity contribution in [2.45, 2.75) is 0 Å². The van der Waals surface area contributed by atoms with E-state index >= 15 is 0 Å². The molecule has 0 N–H and O–H groups in total. The van der Waals surface area contributed by atoms with Crippen molar-refractivity contribution in [3.63, 3.8) is 0 Å². The molecule has 0 aliphatic rings. The number of non-ortho nitro benzene ring substituents is 1. The number of carbonyl (C=O) groups is 1. The van der Waals surface area contributed by atoms with Gasteiger partial charge in [0.05, 0.1) is 12.0 Å². The summed E-state index contributed by atoms with van der Waals surface area (Å²) in [5, 5.41) is 22.2. The van der Waals surface area contributed by atoms with E-state index in [4.69, 9.17) is 0 Å². The van der Waals surface area contributed by atoms with Crippen LogP contribution in [0.1, 0.15) is 9.80 Å². The van der Waals surface area contributed by atoms with Crippen LogP contribution in [0.25, 0.3) is 10.2 Å². The molecular formula is C9H6N2O5S. The standard InChI is InChI=1S/C9H6N2O5S/c1-16-9(12)8-10(13)5-3-2-4-6(11(14)15)7(5)17-8/h2-4H,1H3. The van der Waals surface area contributed by atoms with Crippen LogP contribution < -0.4 is 4.73 Å². The largest absolute Gasteiger partial charge is 0.617 e. The van der Waals surface area contributed by atoms with Gasteiger partial charge in [-0.1, -0.05) is 0 Å². The molecule has 17 heavy (non-hydrogen) atoms. The van der Waals surface area contributed by atoms with Crippen LogP contribution in [0.2, 0.25) is 0 Å². The molecule has 2 rings (SSSR count). The first-order valence-corrected chi connectivity index (χ1v) is 5.25. The zero-order valence-corrected chi connectivity index (χ0v) is 9.39. The summed E-state index contributed by atoms with van der Waals surface area (Å²) in [7, 11) is 1.14. The Morgan fingerprint density at radius 1 is 1.53 bits per heavy atom. The number of esters is 1. The van der Waals surface area contributed by atoms with Crippen molar-refractivity contribution >= 4 is 33.2 Å². The summed E-state index contributed by atoms with van der Waals surface area (Å²) in [6.07, 6.45) is 0. The van der Waals surface area contributed by atoms with Gasteiger partial charge in [-0.3, -0.25) is 10.1 Å². The SMILES string of the molecule is COC(=O)c1sc2c([N+](=O)[O-])cccc2[n+]1[O-]. The van der Waals surface area contributed by atoms with Crippen molar-refractivity contribution in [1.29, 1.82) is 0 Å². The molecule has 1 aromatic heterocycles. The van der Waals surface area contributed by atoms with Gasteiger partial charge in [0.15, 0.2) is 4.70 Å². The summed E-state index contributed by atoms with van der Waals surface area (Å²) in [5.74, 6) is -0.810. The molecule has 88 valence electrons. The molecule has 0 bridgehead atoms. The van der Waals surface area contributed by atoms with Crippen molar-refractivity contribution in [3.8, 4) is 0 Å². The lowest BCUT2D eigenvalue weighted by molar-refractivity contribution is -0.575. The molecule has 0 aliphatic carbocycles. The van der Waals surface area contributed by atoms with Crippen LogP contribution in [0.4, 0.5) is 5.69 Å². The third-order valence-corrected chi connectivity index (χ3v) is 3.28. The molecule has 7 nitrogen and oxygen atoms in total. The lowest BCUT2D eigenvalue weighted by atomic mass is 10.3. The van der Waals surface area contributed by atoms with E-state index in [1.54, 1.807) is 0 Å². The first-order chi connectivity index (χ1) is 8.06. The van der Waals surface area contributed by atoms with Gasteiger partial charge in [0.25, 0.3) is 5.69 Å². The molecule has 0 amide bonds. The maximum atomic E-state index is 11.7. The maximum absolute atomic E-state index is 11.7. The Hall–Kier alpha value is -2.22. The zero-order valence-electron chi connectivity index (χ0n) is 8.58. The van der Waals surface area contributed by atoms with E-state index in [1.165, 1.54) is 18.2 Å². The Balaban J connectivity index is 2.77. The second-order valence-corrected chi connectivity index (χ2v) is 4.07. The van der Waals surface area contributed by atoms with Crippen molar-refractivity contribution in [2.75, 3.05) is 7.11 Å². The van der Waals surface area contributed by atoms with E-state index in [2.05, 4.69) is 4.74 Å². The van der Waals surface area contributed by atoms with Crippen molar-refractivity contribution in [2.24, 2.45) is 0 Å². The highest BCUT2D eigenvalue weighted by molar-refractivity contribution is 7.20. The molecule has 1 aromatic carbocycles. The molecule has 8 heteroatoms. The van der Waals surface area contributed by atoms with Crippen LogP contribution >= 0.6 is 11.3 Å². The predicted molar refractivity (Wildman–Crippen MR) is 58.8 cm³/mol. The summed E-state index contributed by atoms with van der Waals surface area (Å²) in [6, 6.07) is 4.08. The van der Waals surface area contributed by atoms with Crippen LogP contribution in [0.5, 0.6) is 0 Å². The quantitative estimate of drug-likeness (QED) is 0.264. The molecule has 0 fully saturated rings. The molecule has 0 aliphatic heterocycles. The van der Waals surface area contributed by atoms with Gasteiger partial charge in [-0.05, 0) is 17.4 Å². The normalized spacial score (nSPS) is 10.4. The summed E-state index contributed by atoms with van der Waals surface area (Å²) < 4.78 is 4.93. The van der Waals surface area contributed by atoms with Crippen LogP contribution in [0.15, 0.2) is 18.2 Å². The number of nitro groups is 1. The average Bonchev–Trinajstić information content (AvgIpc) is 2.66. The Morgan fingerprint density at radius 2 is 2.24 bits per heavy atom. The number of nitro benzene ring substituents is 1. The summed E-state index contributed by atoms with van der Waals surface area (Å²) in [4.78, 5) is 21.4. The third-order valence-electron chi connectivity index (χ3n) is 2.13. The number of thiazole rings is 1. The number of aromatic nitrogens is 1. The van der Waals surface area contributed by atoms with Gasteiger partial charge in [0.2, 0.25) is 5.52 Å². The minimum Gasteiger partial charge on any atom is -0.617 e. The lowest BCUT2D eigenvalue weighted by Gasteiger charge is -1.95. The van der Waals surface area contributed by atoms with Gasteiger partial charge in [0, 0.05) is 12.1 Å². The minimum absolute atomic E-state index is 0.0876. The molecule has 0 unspecified atom stereocenters. The van der Waals surface area contributed by atoms with Gasteiger partial charge in [-0.2, -0.15) is 0 Å². The minimum atomic E-state index is -0.810. The fourth-order valence-electron chi connectivity index (χ4n) is 1.38. The van der Waals surface area contributed by atoms with E-state index < -0.39 is 10.9 Å². The van der Waals surface area contributed by atoms with E-state index in [0.29, 0.717) is 4.73 Å². The van der Waals surface area contributed by atoms with E-state index in [9.17, 15) is 20.1 Å². The molecule has 0 saturated carbocycles. The van der Waals surface area contributed by atoms with Crippen molar-refractivity contribution < 1.29 is 19.2 Å². The van der Waals surface area contributed by atoms with Gasteiger partial charge >= 0.3 is 11.0 Å². The number of benzene rings is 1. The highest BCUT2D eigenvalue weighted by atomic mass is 32.1. The molecular weight excluding hydrogens is 248 g/mol. The summed E-state index contributed by atoms with van der Waals surface area (Å²) in [6.45, 7) is 0. The average molecular weight is 254 g/mol. The number of hydrogen-bond acceptors (Lipinski definition) is 6. The predicted octanol–water partition coefficient (Wildman–Crippen LogP) is 1.23. The van der Waals surface area contributed by atoms with Crippen LogP contribution in [-0.4, -0.2) is 18.0 Å². The Bertz CT molecular complexity index is 621. The second-order valence-electron chi connectivity index (χ2n) is 3.08. The molecule has 0 atom stereocenters. The van der Waals surface area contributed by atoms with E-state index in [-0.39, 0.29) is 20.9 Å². The molecule has 0 spiro atoms. The Morgan fingerprint density at radius 3 is 2.82 bits per heavy atom. The number of carbonyl (C=O) groups excluding carboxylic acids is 1. The number of ether oxygens (including phenoxy) is 1. The van der Waals surface area contributed by atoms with Crippen molar-refractivity contribution in [3.05, 3.63) is 38.5 Å². The highest BCUT2D eigenvalue weighted by Gasteiger charge is 2.28. The fourth-order valence-corrected chi connectivity index (χ4v) is 2.42. The first kappa shape index (κ1) is 11.3. The Kier molecular flexibility index (Phi) is 2.64. The molecule has 0 radical (unpaired) electrons. The monoisotopic (exact) mass is 254 g/mol. The summed E-state index contributed by atoms with van der Waals surface area (Å²) in [5.41, 5.74) is -0.114. The topological polar surface area (TPSA) is 96.4 Å². The number of hydrogen-bond donors (Lipinski definition) is 0. The van der Waals surface area contributed by atoms with Gasteiger partial charge in [0.1, 0.15) is 0 Å². The molecule has 2 aromatic rings. The maximum Gasteiger partial charge on any atom is 0.416 e. The highest BCUT2D eigenvalue weighted by Crippen LogP contribution is 2.29. The number of fused-ring (bicyclic) bond motifs is 1. The van der Waals surface area contributed by atoms with Gasteiger partial charge < -0.3 is 9.94 Å². The lowest BCUT2D eigenvalue weighted by Crippen LogP contribution is -2.31. The zero-order chi connectivity index (χ0) is 12.6. The van der Waals surface area contributed by atoms with Gasteiger partial charge in [-0.15, -0.1) is 4.73 Å². The number of methoxy groups -OCH3 is 1. The van der Waals surface area contributed by atoms with Crippen LogP contribution in [0, 0.1) is 15.3 Å². The third kappa shape index (κ3) is 1.68. The Labute approximate surface area is 98.6 Å². The van der Waals surface area contributed by atoms with Crippen molar-refractivity contribution in [1.82, 2.24) is 0 Å². The van der Waals surface area contributed by atoms with Gasteiger partial charge in [-0.25, -0.2) is 4.79 Å². The molecule has 0 saturated heterocycles. The molecule has 1 heterocycles. The number of rotatable bonds is 2. The fraction of sp³-hybridized carbons (Fsp3) is 0.111. The number of nitrogens with zero attached hydrogens (tertiary/aromatic N) is 2.